The Kier molecular flexibility index (Phi) is 10.8. The lowest BCUT2D eigenvalue weighted by Gasteiger charge is -2.35. The minimum absolute atomic E-state index is 0.0770. The number of alkyl carbamates (subject to hydrolysis) is 1. The Balaban J connectivity index is 2.09. The molecule has 3 aromatic carbocycles. The van der Waals surface area contributed by atoms with Crippen LogP contribution in [0.25, 0.3) is 0 Å². The highest BCUT2D eigenvalue weighted by Gasteiger charge is 2.37. The maximum Gasteiger partial charge on any atom is 0.408 e. The number of benzene rings is 3. The van der Waals surface area contributed by atoms with Crippen LogP contribution in [0, 0.1) is 19.3 Å². The molecule has 0 aromatic heterocycles. The van der Waals surface area contributed by atoms with Gasteiger partial charge in [0.15, 0.2) is 0 Å². The number of nitrogens with zero attached hydrogens (tertiary/aromatic N) is 1. The molecule has 0 fully saturated rings. The van der Waals surface area contributed by atoms with Crippen LogP contribution in [0.4, 0.5) is 10.5 Å². The molecule has 220 valence electrons. The smallest absolute Gasteiger partial charge is 0.408 e. The Labute approximate surface area is 248 Å². The second-order valence-corrected chi connectivity index (χ2v) is 11.0. The van der Waals surface area contributed by atoms with Crippen molar-refractivity contribution in [2.24, 2.45) is 0 Å². The first kappa shape index (κ1) is 31.8. The zero-order valence-electron chi connectivity index (χ0n) is 24.8. The van der Waals surface area contributed by atoms with E-state index in [0.717, 1.165) is 5.56 Å². The number of nitrogens with one attached hydrogen (secondary N) is 2. The van der Waals surface area contributed by atoms with Gasteiger partial charge in [0.2, 0.25) is 5.91 Å². The Morgan fingerprint density at radius 1 is 1.00 bits per heavy atom. The predicted octanol–water partition coefficient (Wildman–Crippen LogP) is 5.74. The summed E-state index contributed by atoms with van der Waals surface area (Å²) in [5.41, 5.74) is 2.35. The summed E-state index contributed by atoms with van der Waals surface area (Å²) in [5, 5.41) is 15.5. The van der Waals surface area contributed by atoms with Crippen LogP contribution in [0.1, 0.15) is 62.4 Å². The van der Waals surface area contributed by atoms with Gasteiger partial charge in [-0.25, -0.2) is 4.79 Å². The van der Waals surface area contributed by atoms with Gasteiger partial charge < -0.3 is 25.4 Å². The number of aromatic hydroxyl groups is 1. The van der Waals surface area contributed by atoms with Crippen LogP contribution < -0.4 is 10.6 Å². The lowest BCUT2D eigenvalue weighted by atomic mass is 9.96. The maximum atomic E-state index is 14.4. The fourth-order valence-electron chi connectivity index (χ4n) is 4.56. The molecule has 2 atom stereocenters. The van der Waals surface area contributed by atoms with E-state index in [2.05, 4.69) is 16.6 Å². The van der Waals surface area contributed by atoms with Crippen molar-refractivity contribution in [2.75, 3.05) is 11.9 Å². The van der Waals surface area contributed by atoms with Crippen LogP contribution in [-0.4, -0.2) is 46.1 Å². The highest BCUT2D eigenvalue weighted by molar-refractivity contribution is 5.99. The predicted molar refractivity (Wildman–Crippen MR) is 164 cm³/mol. The highest BCUT2D eigenvalue weighted by Crippen LogP contribution is 2.28. The topological polar surface area (TPSA) is 108 Å². The van der Waals surface area contributed by atoms with Crippen molar-refractivity contribution in [1.29, 1.82) is 0 Å². The average molecular weight is 570 g/mol. The van der Waals surface area contributed by atoms with Gasteiger partial charge in [-0.1, -0.05) is 61.4 Å². The first-order valence-electron chi connectivity index (χ1n) is 13.9. The highest BCUT2D eigenvalue weighted by atomic mass is 16.6. The summed E-state index contributed by atoms with van der Waals surface area (Å²) in [5.74, 6) is 1.81. The third-order valence-electron chi connectivity index (χ3n) is 6.49. The van der Waals surface area contributed by atoms with E-state index in [1.54, 1.807) is 63.2 Å². The molecule has 0 heterocycles. The molecule has 0 radical (unpaired) electrons. The van der Waals surface area contributed by atoms with E-state index in [4.69, 9.17) is 11.2 Å². The summed E-state index contributed by atoms with van der Waals surface area (Å²) in [6.07, 6.45) is 5.71. The van der Waals surface area contributed by atoms with Crippen LogP contribution in [0.15, 0.2) is 72.8 Å². The number of rotatable bonds is 10. The minimum Gasteiger partial charge on any atom is -0.508 e. The summed E-state index contributed by atoms with van der Waals surface area (Å²) in [6.45, 7) is 9.19. The van der Waals surface area contributed by atoms with Gasteiger partial charge in [0.25, 0.3) is 5.91 Å². The molecule has 0 aliphatic rings. The molecule has 3 aromatic rings. The van der Waals surface area contributed by atoms with Gasteiger partial charge >= 0.3 is 6.09 Å². The molecule has 0 saturated heterocycles. The summed E-state index contributed by atoms with van der Waals surface area (Å²) in [7, 11) is 0. The standard InChI is InChI=1S/C34H39N3O5/c1-7-21-37(32(40)29(36-33(41)42-34(4,5)6)22-24-17-19-26(38)20-18-24)30(27-15-11-10-14-25(27)8-2)31(39)35-28-16-12-9-13-23(28)3/h2,9-20,29-30,38H,7,21-22H2,1,3-6H3,(H,35,39)(H,36,41). The number of ether oxygens (including phenoxy) is 1. The van der Waals surface area contributed by atoms with Gasteiger partial charge in [-0.3, -0.25) is 9.59 Å². The number of hydrogen-bond donors (Lipinski definition) is 3. The van der Waals surface area contributed by atoms with Gasteiger partial charge in [0.05, 0.1) is 0 Å². The number of anilines is 1. The Morgan fingerprint density at radius 2 is 1.64 bits per heavy atom. The van der Waals surface area contributed by atoms with Crippen LogP contribution in [0.2, 0.25) is 0 Å². The summed E-state index contributed by atoms with van der Waals surface area (Å²) < 4.78 is 5.47. The molecule has 3 N–H and O–H groups in total. The van der Waals surface area contributed by atoms with E-state index >= 15 is 0 Å². The largest absolute Gasteiger partial charge is 0.508 e. The lowest BCUT2D eigenvalue weighted by molar-refractivity contribution is -0.140. The molecule has 8 nitrogen and oxygen atoms in total. The number of amides is 3. The lowest BCUT2D eigenvalue weighted by Crippen LogP contribution is -2.53. The number of carbonyl (C=O) groups is 3. The SMILES string of the molecule is C#Cc1ccccc1C(C(=O)Nc1ccccc1C)N(CCC)C(=O)C(Cc1ccc(O)cc1)NC(=O)OC(C)(C)C. The molecule has 42 heavy (non-hydrogen) atoms. The van der Waals surface area contributed by atoms with Gasteiger partial charge in [-0.05, 0) is 75.1 Å². The van der Waals surface area contributed by atoms with E-state index in [9.17, 15) is 19.5 Å². The number of aryl methyl sites for hydroxylation is 1. The second-order valence-electron chi connectivity index (χ2n) is 11.0. The molecule has 3 rings (SSSR count). The van der Waals surface area contributed by atoms with E-state index in [-0.39, 0.29) is 18.7 Å². The van der Waals surface area contributed by atoms with Gasteiger partial charge in [0, 0.05) is 24.2 Å². The molecule has 0 saturated carbocycles. The van der Waals surface area contributed by atoms with Gasteiger partial charge in [-0.15, -0.1) is 6.42 Å². The fraction of sp³-hybridized carbons (Fsp3) is 0.324. The summed E-state index contributed by atoms with van der Waals surface area (Å²) in [6, 6.07) is 18.6. The molecule has 0 bridgehead atoms. The molecule has 0 aliphatic heterocycles. The van der Waals surface area contributed by atoms with Gasteiger partial charge in [0.1, 0.15) is 23.4 Å². The number of carbonyl (C=O) groups excluding carboxylic acids is 3. The van der Waals surface area contributed by atoms with Crippen LogP contribution in [0.3, 0.4) is 0 Å². The Hall–Kier alpha value is -4.77. The van der Waals surface area contributed by atoms with E-state index < -0.39 is 35.6 Å². The van der Waals surface area contributed by atoms with Gasteiger partial charge in [-0.2, -0.15) is 0 Å². The van der Waals surface area contributed by atoms with E-state index in [0.29, 0.717) is 28.8 Å². The monoisotopic (exact) mass is 569 g/mol. The van der Waals surface area contributed by atoms with Crippen LogP contribution in [-0.2, 0) is 20.7 Å². The Bertz CT molecular complexity index is 1440. The second kappa shape index (κ2) is 14.2. The summed E-state index contributed by atoms with van der Waals surface area (Å²) >= 11 is 0. The molecule has 0 aliphatic carbocycles. The number of terminal acetylenes is 1. The van der Waals surface area contributed by atoms with Crippen molar-refractivity contribution in [1.82, 2.24) is 10.2 Å². The molecular weight excluding hydrogens is 530 g/mol. The van der Waals surface area contributed by atoms with Crippen molar-refractivity contribution < 1.29 is 24.2 Å². The van der Waals surface area contributed by atoms with Crippen LogP contribution in [0.5, 0.6) is 5.75 Å². The van der Waals surface area contributed by atoms with E-state index in [1.807, 2.05) is 32.0 Å². The first-order chi connectivity index (χ1) is 19.9. The zero-order chi connectivity index (χ0) is 30.9. The normalized spacial score (nSPS) is 12.4. The number of phenols is 1. The van der Waals surface area contributed by atoms with Crippen molar-refractivity contribution >= 4 is 23.6 Å². The van der Waals surface area contributed by atoms with Crippen molar-refractivity contribution in [3.63, 3.8) is 0 Å². The molecular formula is C34H39N3O5. The molecule has 2 unspecified atom stereocenters. The Morgan fingerprint density at radius 3 is 2.26 bits per heavy atom. The number of para-hydroxylation sites is 1. The van der Waals surface area contributed by atoms with E-state index in [1.165, 1.54) is 17.0 Å². The third kappa shape index (κ3) is 8.61. The summed E-state index contributed by atoms with van der Waals surface area (Å²) in [4.78, 5) is 42.9. The average Bonchev–Trinajstić information content (AvgIpc) is 2.93. The molecule has 0 spiro atoms. The fourth-order valence-corrected chi connectivity index (χ4v) is 4.56. The van der Waals surface area contributed by atoms with Crippen molar-refractivity contribution in [2.45, 2.75) is 65.1 Å². The molecule has 3 amide bonds. The minimum atomic E-state index is -1.09. The zero-order valence-corrected chi connectivity index (χ0v) is 24.8. The van der Waals surface area contributed by atoms with Crippen molar-refractivity contribution in [3.8, 4) is 18.1 Å². The maximum absolute atomic E-state index is 14.4. The quantitative estimate of drug-likeness (QED) is 0.270. The molecule has 8 heteroatoms. The van der Waals surface area contributed by atoms with Crippen molar-refractivity contribution in [3.05, 3.63) is 95.1 Å². The van der Waals surface area contributed by atoms with Crippen LogP contribution >= 0.6 is 0 Å². The number of phenolic OH excluding ortho intramolecular Hbond substituents is 1. The third-order valence-corrected chi connectivity index (χ3v) is 6.49. The first-order valence-corrected chi connectivity index (χ1v) is 13.9. The number of hydrogen-bond acceptors (Lipinski definition) is 5.